The van der Waals surface area contributed by atoms with Gasteiger partial charge in [0.25, 0.3) is 0 Å². The molecule has 192 valence electrons. The fraction of sp³-hybridized carbons (Fsp3) is 0.393. The molecule has 0 radical (unpaired) electrons. The number of rotatable bonds is 15. The Hall–Kier alpha value is -3.10. The average Bonchev–Trinajstić information content (AvgIpc) is 3.39. The Morgan fingerprint density at radius 2 is 1.81 bits per heavy atom. The van der Waals surface area contributed by atoms with Gasteiger partial charge in [-0.15, -0.1) is 11.8 Å². The van der Waals surface area contributed by atoms with Crippen LogP contribution >= 0.6 is 11.8 Å². The molecule has 36 heavy (non-hydrogen) atoms. The molecule has 0 fully saturated rings. The number of nitrogens with one attached hydrogen (secondary N) is 2. The van der Waals surface area contributed by atoms with Crippen molar-refractivity contribution in [3.63, 3.8) is 0 Å². The van der Waals surface area contributed by atoms with E-state index in [1.807, 2.05) is 54.6 Å². The summed E-state index contributed by atoms with van der Waals surface area (Å²) in [6.45, 7) is 4.86. The predicted octanol–water partition coefficient (Wildman–Crippen LogP) is 5.02. The van der Waals surface area contributed by atoms with E-state index in [0.29, 0.717) is 30.4 Å². The monoisotopic (exact) mass is 509 g/mol. The number of ether oxygens (including phenoxy) is 1. The number of benzene rings is 1. The number of carbonyl (C=O) groups is 2. The number of pyridine rings is 1. The highest BCUT2D eigenvalue weighted by Gasteiger charge is 2.22. The third kappa shape index (κ3) is 10.3. The molecule has 0 saturated carbocycles. The van der Waals surface area contributed by atoms with Gasteiger partial charge in [0, 0.05) is 25.0 Å². The number of furan rings is 1. The second kappa shape index (κ2) is 15.1. The third-order valence-corrected chi connectivity index (χ3v) is 6.53. The molecule has 2 atom stereocenters. The van der Waals surface area contributed by atoms with Gasteiger partial charge in [-0.2, -0.15) is 0 Å². The molecule has 1 aromatic carbocycles. The van der Waals surface area contributed by atoms with Crippen LogP contribution in [-0.4, -0.2) is 41.2 Å². The number of carbonyl (C=O) groups excluding carboxylic acids is 2. The van der Waals surface area contributed by atoms with Crippen LogP contribution in [0.3, 0.4) is 0 Å². The number of thioether (sulfide) groups is 1. The Balaban J connectivity index is 1.56. The molecule has 2 N–H and O–H groups in total. The third-order valence-electron chi connectivity index (χ3n) is 5.55. The minimum Gasteiger partial charge on any atom is -0.468 e. The van der Waals surface area contributed by atoms with Crippen molar-refractivity contribution in [1.29, 1.82) is 0 Å². The molecule has 7 nitrogen and oxygen atoms in total. The standard InChI is InChI=1S/C28H35N3O4S/c1-21(2)15-24(31-28(33)35-18-23-10-12-29-13-11-23)17-30-26(16-22-7-4-3-5-8-22)27(32)20-36-19-25-9-6-14-34-25/h3-14,21,24,26,30H,15-20H2,1-2H3,(H,31,33). The van der Waals surface area contributed by atoms with Crippen molar-refractivity contribution in [2.45, 2.75) is 51.1 Å². The van der Waals surface area contributed by atoms with E-state index in [9.17, 15) is 9.59 Å². The van der Waals surface area contributed by atoms with Crippen LogP contribution in [0, 0.1) is 5.92 Å². The molecule has 3 rings (SSSR count). The van der Waals surface area contributed by atoms with Gasteiger partial charge in [-0.25, -0.2) is 4.79 Å². The molecule has 2 heterocycles. The maximum Gasteiger partial charge on any atom is 0.407 e. The fourth-order valence-electron chi connectivity index (χ4n) is 3.78. The lowest BCUT2D eigenvalue weighted by Crippen LogP contribution is -2.48. The van der Waals surface area contributed by atoms with Crippen LogP contribution in [-0.2, 0) is 28.3 Å². The van der Waals surface area contributed by atoms with Gasteiger partial charge in [0.1, 0.15) is 12.4 Å². The number of nitrogens with zero attached hydrogens (tertiary/aromatic N) is 1. The molecule has 3 aromatic rings. The minimum absolute atomic E-state index is 0.124. The average molecular weight is 510 g/mol. The summed E-state index contributed by atoms with van der Waals surface area (Å²) in [6.07, 6.45) is 5.84. The maximum absolute atomic E-state index is 13.2. The Bertz CT molecular complexity index is 1030. The molecule has 0 aliphatic rings. The number of amides is 1. The van der Waals surface area contributed by atoms with Crippen molar-refractivity contribution in [3.05, 3.63) is 90.1 Å². The van der Waals surface area contributed by atoms with Gasteiger partial charge < -0.3 is 19.8 Å². The van der Waals surface area contributed by atoms with Gasteiger partial charge in [0.2, 0.25) is 0 Å². The molecule has 1 amide bonds. The van der Waals surface area contributed by atoms with E-state index in [-0.39, 0.29) is 24.5 Å². The Morgan fingerprint density at radius 1 is 1.03 bits per heavy atom. The van der Waals surface area contributed by atoms with E-state index >= 15 is 0 Å². The van der Waals surface area contributed by atoms with Crippen molar-refractivity contribution >= 4 is 23.6 Å². The summed E-state index contributed by atoms with van der Waals surface area (Å²) in [5.74, 6) is 2.37. The van der Waals surface area contributed by atoms with E-state index in [2.05, 4.69) is 29.5 Å². The molecular weight excluding hydrogens is 474 g/mol. The highest BCUT2D eigenvalue weighted by molar-refractivity contribution is 7.99. The molecule has 0 spiro atoms. The molecule has 0 aliphatic heterocycles. The maximum atomic E-state index is 13.2. The number of aromatic nitrogens is 1. The first kappa shape index (κ1) is 27.5. The predicted molar refractivity (Wildman–Crippen MR) is 143 cm³/mol. The molecule has 0 bridgehead atoms. The summed E-state index contributed by atoms with van der Waals surface area (Å²) in [4.78, 5) is 29.6. The van der Waals surface area contributed by atoms with E-state index in [0.717, 1.165) is 23.3 Å². The lowest BCUT2D eigenvalue weighted by Gasteiger charge is -2.24. The molecule has 8 heteroatoms. The van der Waals surface area contributed by atoms with Gasteiger partial charge in [-0.05, 0) is 54.2 Å². The highest BCUT2D eigenvalue weighted by Crippen LogP contribution is 2.15. The fourth-order valence-corrected chi connectivity index (χ4v) is 4.65. The van der Waals surface area contributed by atoms with Crippen molar-refractivity contribution in [3.8, 4) is 0 Å². The topological polar surface area (TPSA) is 93.5 Å². The minimum atomic E-state index is -0.473. The molecule has 0 saturated heterocycles. The number of ketones is 1. The number of hydrogen-bond acceptors (Lipinski definition) is 7. The van der Waals surface area contributed by atoms with E-state index in [1.165, 1.54) is 0 Å². The normalized spacial score (nSPS) is 12.8. The zero-order chi connectivity index (χ0) is 25.6. The van der Waals surface area contributed by atoms with Gasteiger partial charge in [-0.1, -0.05) is 44.2 Å². The Labute approximate surface area is 217 Å². The van der Waals surface area contributed by atoms with Gasteiger partial charge in [0.15, 0.2) is 5.78 Å². The zero-order valence-corrected chi connectivity index (χ0v) is 21.7. The lowest BCUT2D eigenvalue weighted by molar-refractivity contribution is -0.118. The number of alkyl carbamates (subject to hydrolysis) is 1. The summed E-state index contributed by atoms with van der Waals surface area (Å²) >= 11 is 1.54. The van der Waals surface area contributed by atoms with Gasteiger partial charge in [0.05, 0.1) is 23.8 Å². The zero-order valence-electron chi connectivity index (χ0n) is 20.9. The van der Waals surface area contributed by atoms with Crippen molar-refractivity contribution in [1.82, 2.24) is 15.6 Å². The van der Waals surface area contributed by atoms with Crippen LogP contribution in [0.15, 0.2) is 77.7 Å². The molecule has 0 aliphatic carbocycles. The first-order valence-corrected chi connectivity index (χ1v) is 13.4. The first-order chi connectivity index (χ1) is 17.5. The number of hydrogen-bond donors (Lipinski definition) is 2. The van der Waals surface area contributed by atoms with Crippen molar-refractivity contribution in [2.24, 2.45) is 5.92 Å². The van der Waals surface area contributed by atoms with Crippen LogP contribution < -0.4 is 10.6 Å². The van der Waals surface area contributed by atoms with Crippen LogP contribution in [0.5, 0.6) is 0 Å². The van der Waals surface area contributed by atoms with Gasteiger partial charge >= 0.3 is 6.09 Å². The lowest BCUT2D eigenvalue weighted by atomic mass is 10.0. The van der Waals surface area contributed by atoms with Crippen LogP contribution in [0.1, 0.15) is 37.2 Å². The highest BCUT2D eigenvalue weighted by atomic mass is 32.2. The summed E-state index contributed by atoms with van der Waals surface area (Å²) in [5, 5.41) is 6.40. The van der Waals surface area contributed by atoms with Crippen LogP contribution in [0.4, 0.5) is 4.79 Å². The van der Waals surface area contributed by atoms with Gasteiger partial charge in [-0.3, -0.25) is 9.78 Å². The van der Waals surface area contributed by atoms with E-state index < -0.39 is 6.09 Å². The second-order valence-corrected chi connectivity index (χ2v) is 10.1. The number of Topliss-reactive ketones (excluding diaryl/α,β-unsaturated/α-hetero) is 1. The molecule has 2 unspecified atom stereocenters. The quantitative estimate of drug-likeness (QED) is 0.297. The summed E-state index contributed by atoms with van der Waals surface area (Å²) < 4.78 is 10.8. The Morgan fingerprint density at radius 3 is 2.50 bits per heavy atom. The summed E-state index contributed by atoms with van der Waals surface area (Å²) in [7, 11) is 0. The SMILES string of the molecule is CC(C)CC(CNC(Cc1ccccc1)C(=O)CSCc1ccco1)NC(=O)OCc1ccncc1. The smallest absolute Gasteiger partial charge is 0.407 e. The largest absolute Gasteiger partial charge is 0.468 e. The molecular formula is C28H35N3O4S. The summed E-state index contributed by atoms with van der Waals surface area (Å²) in [6, 6.07) is 16.8. The van der Waals surface area contributed by atoms with Crippen LogP contribution in [0.25, 0.3) is 0 Å². The second-order valence-electron chi connectivity index (χ2n) is 9.09. The van der Waals surface area contributed by atoms with Crippen LogP contribution in [0.2, 0.25) is 0 Å². The molecule has 2 aromatic heterocycles. The van der Waals surface area contributed by atoms with E-state index in [1.54, 1.807) is 30.4 Å². The Kier molecular flexibility index (Phi) is 11.5. The van der Waals surface area contributed by atoms with Crippen molar-refractivity contribution in [2.75, 3.05) is 12.3 Å². The first-order valence-electron chi connectivity index (χ1n) is 12.2. The van der Waals surface area contributed by atoms with E-state index in [4.69, 9.17) is 9.15 Å². The summed E-state index contributed by atoms with van der Waals surface area (Å²) in [5.41, 5.74) is 1.96. The van der Waals surface area contributed by atoms with Crippen molar-refractivity contribution < 1.29 is 18.7 Å².